The number of alkyl halides is 3. The van der Waals surface area contributed by atoms with Gasteiger partial charge in [0, 0.05) is 36.8 Å². The van der Waals surface area contributed by atoms with E-state index in [9.17, 15) is 23.3 Å². The van der Waals surface area contributed by atoms with Gasteiger partial charge in [0.25, 0.3) is 6.01 Å². The summed E-state index contributed by atoms with van der Waals surface area (Å²) < 4.78 is 47.0. The third-order valence-corrected chi connectivity index (χ3v) is 6.94. The van der Waals surface area contributed by atoms with Crippen LogP contribution in [0.5, 0.6) is 5.75 Å². The smallest absolute Gasteiger partial charge is 0.424 e. The average Bonchev–Trinajstić information content (AvgIpc) is 3.38. The topological polar surface area (TPSA) is 131 Å². The summed E-state index contributed by atoms with van der Waals surface area (Å²) in [5, 5.41) is 18.1. The van der Waals surface area contributed by atoms with Gasteiger partial charge in [-0.3, -0.25) is 10.1 Å². The van der Waals surface area contributed by atoms with E-state index in [1.807, 2.05) is 4.90 Å². The van der Waals surface area contributed by atoms with E-state index in [1.165, 1.54) is 42.9 Å². The molecule has 1 aromatic carbocycles. The quantitative estimate of drug-likeness (QED) is 0.296. The Kier molecular flexibility index (Phi) is 7.82. The van der Waals surface area contributed by atoms with Crippen LogP contribution in [-0.2, 0) is 0 Å². The molecule has 39 heavy (non-hydrogen) atoms. The van der Waals surface area contributed by atoms with Gasteiger partial charge in [0.1, 0.15) is 18.1 Å². The minimum atomic E-state index is -4.75. The first-order chi connectivity index (χ1) is 18.7. The molecule has 0 spiro atoms. The number of nitro groups is 1. The molecule has 2 aromatic heterocycles. The fourth-order valence-corrected chi connectivity index (χ4v) is 5.13. The Bertz CT molecular complexity index is 1250. The number of anilines is 2. The van der Waals surface area contributed by atoms with E-state index in [1.54, 1.807) is 0 Å². The van der Waals surface area contributed by atoms with Crippen molar-refractivity contribution in [1.82, 2.24) is 20.3 Å². The first-order valence-corrected chi connectivity index (χ1v) is 12.8. The highest BCUT2D eigenvalue weighted by Gasteiger charge is 2.32. The Labute approximate surface area is 221 Å². The lowest BCUT2D eigenvalue weighted by atomic mass is 9.89. The monoisotopic (exact) mass is 547 g/mol. The van der Waals surface area contributed by atoms with E-state index in [2.05, 4.69) is 30.3 Å². The number of oxazole rings is 1. The molecule has 0 unspecified atom stereocenters. The zero-order valence-electron chi connectivity index (χ0n) is 20.9. The van der Waals surface area contributed by atoms with Crippen LogP contribution in [0, 0.1) is 10.1 Å². The molecule has 3 aromatic rings. The minimum absolute atomic E-state index is 0.0822. The van der Waals surface area contributed by atoms with Crippen LogP contribution in [0.1, 0.15) is 38.5 Å². The molecule has 14 heteroatoms. The molecular weight excluding hydrogens is 519 g/mol. The summed E-state index contributed by atoms with van der Waals surface area (Å²) >= 11 is 0. The van der Waals surface area contributed by atoms with Crippen molar-refractivity contribution >= 4 is 17.7 Å². The summed E-state index contributed by atoms with van der Waals surface area (Å²) in [5.41, 5.74) is 0.447. The number of benzene rings is 1. The van der Waals surface area contributed by atoms with E-state index < -0.39 is 11.3 Å². The maximum absolute atomic E-state index is 12.4. The third-order valence-electron chi connectivity index (χ3n) is 6.94. The number of ether oxygens (including phenoxy) is 1. The Morgan fingerprint density at radius 2 is 1.72 bits per heavy atom. The molecule has 2 N–H and O–H groups in total. The van der Waals surface area contributed by atoms with Crippen molar-refractivity contribution in [3.05, 3.63) is 53.0 Å². The summed E-state index contributed by atoms with van der Waals surface area (Å²) in [6.07, 6.45) is 5.27. The molecule has 3 heterocycles. The van der Waals surface area contributed by atoms with E-state index in [4.69, 9.17) is 4.42 Å². The van der Waals surface area contributed by atoms with E-state index >= 15 is 0 Å². The fourth-order valence-electron chi connectivity index (χ4n) is 5.13. The van der Waals surface area contributed by atoms with Gasteiger partial charge in [0.05, 0.1) is 11.1 Å². The first-order valence-electron chi connectivity index (χ1n) is 12.8. The van der Waals surface area contributed by atoms with Crippen LogP contribution in [0.3, 0.4) is 0 Å². The van der Waals surface area contributed by atoms with Crippen LogP contribution in [0.2, 0.25) is 0 Å². The normalized spacial score (nSPS) is 21.9. The molecule has 11 nitrogen and oxygen atoms in total. The van der Waals surface area contributed by atoms with Crippen LogP contribution < -0.4 is 20.3 Å². The molecule has 208 valence electrons. The largest absolute Gasteiger partial charge is 0.573 e. The molecule has 2 aliphatic rings. The van der Waals surface area contributed by atoms with E-state index in [0.717, 1.165) is 45.1 Å². The number of aromatic nitrogens is 3. The van der Waals surface area contributed by atoms with Crippen molar-refractivity contribution in [2.75, 3.05) is 23.3 Å². The highest BCUT2D eigenvalue weighted by atomic mass is 19.4. The lowest BCUT2D eigenvalue weighted by Gasteiger charge is -2.39. The SMILES string of the molecule is O=[N+]([O-])c1cnc(N2CCC[C@H](N[C@@H]3CCCC[C@H]3Nc3ncc(-c4ccc(OC(F)(F)F)cc4)o3)C2)nc1. The molecule has 0 amide bonds. The highest BCUT2D eigenvalue weighted by molar-refractivity contribution is 5.58. The minimum Gasteiger partial charge on any atom is -0.424 e. The predicted octanol–water partition coefficient (Wildman–Crippen LogP) is 4.92. The summed E-state index contributed by atoms with van der Waals surface area (Å²) in [5.74, 6) is 0.611. The number of rotatable bonds is 8. The van der Waals surface area contributed by atoms with Crippen molar-refractivity contribution in [3.63, 3.8) is 0 Å². The van der Waals surface area contributed by atoms with Crippen LogP contribution in [-0.4, -0.2) is 57.5 Å². The molecule has 3 atom stereocenters. The van der Waals surface area contributed by atoms with Gasteiger partial charge in [-0.15, -0.1) is 13.2 Å². The number of nitrogens with zero attached hydrogens (tertiary/aromatic N) is 5. The summed E-state index contributed by atoms with van der Waals surface area (Å²) in [6.45, 7) is 1.48. The van der Waals surface area contributed by atoms with Gasteiger partial charge in [-0.2, -0.15) is 0 Å². The van der Waals surface area contributed by atoms with Gasteiger partial charge in [-0.1, -0.05) is 12.8 Å². The van der Waals surface area contributed by atoms with E-state index in [-0.39, 0.29) is 29.6 Å². The maximum Gasteiger partial charge on any atom is 0.573 e. The molecule has 1 saturated carbocycles. The summed E-state index contributed by atoms with van der Waals surface area (Å²) in [7, 11) is 0. The molecule has 2 fully saturated rings. The van der Waals surface area contributed by atoms with Crippen LogP contribution in [0.15, 0.2) is 47.3 Å². The Balaban J connectivity index is 1.19. The van der Waals surface area contributed by atoms with Gasteiger partial charge in [0.15, 0.2) is 5.76 Å². The second-order valence-electron chi connectivity index (χ2n) is 9.69. The second-order valence-corrected chi connectivity index (χ2v) is 9.69. The molecule has 1 aliphatic heterocycles. The van der Waals surface area contributed by atoms with Gasteiger partial charge < -0.3 is 24.7 Å². The molecule has 5 rings (SSSR count). The summed E-state index contributed by atoms with van der Waals surface area (Å²) in [4.78, 5) is 25.1. The van der Waals surface area contributed by atoms with Crippen molar-refractivity contribution in [2.45, 2.75) is 63.0 Å². The zero-order valence-corrected chi connectivity index (χ0v) is 20.9. The van der Waals surface area contributed by atoms with Gasteiger partial charge in [-0.05, 0) is 49.9 Å². The van der Waals surface area contributed by atoms with Gasteiger partial charge >= 0.3 is 12.0 Å². The van der Waals surface area contributed by atoms with Gasteiger partial charge in [0.2, 0.25) is 5.95 Å². The maximum atomic E-state index is 12.4. The lowest BCUT2D eigenvalue weighted by Crippen LogP contribution is -2.55. The lowest BCUT2D eigenvalue weighted by molar-refractivity contribution is -0.385. The Morgan fingerprint density at radius 3 is 2.41 bits per heavy atom. The molecular formula is C25H28F3N7O4. The summed E-state index contributed by atoms with van der Waals surface area (Å²) in [6, 6.07) is 6.24. The number of piperidine rings is 1. The zero-order chi connectivity index (χ0) is 27.4. The van der Waals surface area contributed by atoms with Crippen LogP contribution in [0.25, 0.3) is 11.3 Å². The molecule has 1 saturated heterocycles. The van der Waals surface area contributed by atoms with E-state index in [0.29, 0.717) is 29.8 Å². The van der Waals surface area contributed by atoms with Crippen LogP contribution in [0.4, 0.5) is 30.8 Å². The first kappa shape index (κ1) is 26.7. The Hall–Kier alpha value is -3.94. The van der Waals surface area contributed by atoms with Crippen LogP contribution >= 0.6 is 0 Å². The second kappa shape index (κ2) is 11.4. The van der Waals surface area contributed by atoms with Crippen molar-refractivity contribution < 1.29 is 27.2 Å². The number of halogens is 3. The molecule has 0 radical (unpaired) electrons. The predicted molar refractivity (Wildman–Crippen MR) is 135 cm³/mol. The number of hydrogen-bond donors (Lipinski definition) is 2. The number of nitrogens with one attached hydrogen (secondary N) is 2. The number of hydrogen-bond acceptors (Lipinski definition) is 10. The van der Waals surface area contributed by atoms with Crippen molar-refractivity contribution in [3.8, 4) is 17.1 Å². The highest BCUT2D eigenvalue weighted by Crippen LogP contribution is 2.29. The average molecular weight is 548 g/mol. The molecule has 1 aliphatic carbocycles. The standard InChI is InChI=1S/C25H28F3N7O4/c26-25(27,28)39-19-9-7-16(8-10-19)22-14-31-24(38-22)33-21-6-2-1-5-20(21)32-17-4-3-11-34(15-17)23-29-12-18(13-30-23)35(36)37/h7-10,12-14,17,20-21,32H,1-6,11,15H2,(H,31,33)/t17-,20+,21+/m0/s1. The van der Waals surface area contributed by atoms with Crippen molar-refractivity contribution in [2.24, 2.45) is 0 Å². The Morgan fingerprint density at radius 1 is 1.00 bits per heavy atom. The molecule has 0 bridgehead atoms. The van der Waals surface area contributed by atoms with Crippen molar-refractivity contribution in [1.29, 1.82) is 0 Å². The third kappa shape index (κ3) is 6.93. The fraction of sp³-hybridized carbons (Fsp3) is 0.480. The van der Waals surface area contributed by atoms with Gasteiger partial charge in [-0.25, -0.2) is 15.0 Å².